The Morgan fingerprint density at radius 1 is 1.10 bits per heavy atom. The van der Waals surface area contributed by atoms with Gasteiger partial charge in [-0.3, -0.25) is 4.79 Å². The van der Waals surface area contributed by atoms with E-state index in [4.69, 9.17) is 4.74 Å². The van der Waals surface area contributed by atoms with Crippen molar-refractivity contribution in [1.29, 1.82) is 0 Å². The van der Waals surface area contributed by atoms with Crippen LogP contribution in [0, 0.1) is 5.92 Å². The maximum Gasteiger partial charge on any atom is 0.245 e. The molecular formula is C30H39N5O4S. The smallest absolute Gasteiger partial charge is 0.245 e. The molecule has 2 aromatic carbocycles. The van der Waals surface area contributed by atoms with E-state index in [0.717, 1.165) is 30.2 Å². The number of nitrogens with one attached hydrogen (secondary N) is 1. The van der Waals surface area contributed by atoms with Gasteiger partial charge >= 0.3 is 0 Å². The number of methoxy groups -OCH3 is 1. The minimum Gasteiger partial charge on any atom is -0.497 e. The predicted molar refractivity (Wildman–Crippen MR) is 156 cm³/mol. The van der Waals surface area contributed by atoms with E-state index in [1.54, 1.807) is 31.4 Å². The highest BCUT2D eigenvalue weighted by Crippen LogP contribution is 2.36. The van der Waals surface area contributed by atoms with Gasteiger partial charge in [0.1, 0.15) is 23.9 Å². The second kappa shape index (κ2) is 11.7. The van der Waals surface area contributed by atoms with Gasteiger partial charge in [-0.05, 0) is 82.8 Å². The molecule has 1 N–H and O–H groups in total. The zero-order valence-corrected chi connectivity index (χ0v) is 24.5. The van der Waals surface area contributed by atoms with Crippen molar-refractivity contribution in [2.75, 3.05) is 31.8 Å². The Labute approximate surface area is 236 Å². The topological polar surface area (TPSA) is 105 Å². The van der Waals surface area contributed by atoms with E-state index < -0.39 is 15.9 Å². The van der Waals surface area contributed by atoms with E-state index in [1.165, 1.54) is 6.33 Å². The Hall–Kier alpha value is -3.24. The van der Waals surface area contributed by atoms with Gasteiger partial charge < -0.3 is 19.9 Å². The van der Waals surface area contributed by atoms with Crippen molar-refractivity contribution < 1.29 is 17.9 Å². The normalized spacial score (nSPS) is 23.8. The minimum atomic E-state index is -3.50. The van der Waals surface area contributed by atoms with Crippen LogP contribution in [0.15, 0.2) is 59.8 Å². The van der Waals surface area contributed by atoms with E-state index in [9.17, 15) is 13.2 Å². The van der Waals surface area contributed by atoms with Crippen molar-refractivity contribution in [2.45, 2.75) is 68.6 Å². The zero-order valence-electron chi connectivity index (χ0n) is 23.7. The predicted octanol–water partition coefficient (Wildman–Crippen LogP) is 4.00. The number of amides is 1. The fourth-order valence-corrected chi connectivity index (χ4v) is 7.90. The van der Waals surface area contributed by atoms with Crippen LogP contribution in [-0.4, -0.2) is 84.7 Å². The van der Waals surface area contributed by atoms with Crippen LogP contribution >= 0.6 is 0 Å². The van der Waals surface area contributed by atoms with Gasteiger partial charge in [0.2, 0.25) is 5.91 Å². The number of likely N-dealkylation sites (tertiary alicyclic amines) is 1. The average Bonchev–Trinajstić information content (AvgIpc) is 3.32. The molecule has 1 unspecified atom stereocenters. The van der Waals surface area contributed by atoms with Gasteiger partial charge in [0.05, 0.1) is 23.3 Å². The third kappa shape index (κ3) is 5.78. The number of sulfone groups is 1. The molecule has 3 aromatic rings. The monoisotopic (exact) mass is 565 g/mol. The molecule has 1 saturated carbocycles. The summed E-state index contributed by atoms with van der Waals surface area (Å²) in [6, 6.07) is 14.3. The molecule has 1 saturated heterocycles. The first kappa shape index (κ1) is 28.3. The molecule has 2 heterocycles. The number of hydrogen-bond donors (Lipinski definition) is 1. The first-order valence-electron chi connectivity index (χ1n) is 14.0. The van der Waals surface area contributed by atoms with Crippen molar-refractivity contribution in [3.05, 3.63) is 54.9 Å². The molecule has 4 atom stereocenters. The van der Waals surface area contributed by atoms with Gasteiger partial charge in [-0.2, -0.15) is 0 Å². The van der Waals surface area contributed by atoms with Crippen molar-refractivity contribution in [1.82, 2.24) is 19.8 Å². The molecule has 40 heavy (non-hydrogen) atoms. The summed E-state index contributed by atoms with van der Waals surface area (Å²) in [6.45, 7) is 4.91. The molecule has 1 aliphatic heterocycles. The molecule has 0 bridgehead atoms. The summed E-state index contributed by atoms with van der Waals surface area (Å²) in [6.07, 6.45) is 4.56. The number of carbonyl (C=O) groups is 1. The molecule has 1 aliphatic carbocycles. The summed E-state index contributed by atoms with van der Waals surface area (Å²) in [7, 11) is 0.218. The van der Waals surface area contributed by atoms with Gasteiger partial charge in [0.15, 0.2) is 9.84 Å². The Balaban J connectivity index is 1.37. The third-order valence-electron chi connectivity index (χ3n) is 8.63. The summed E-state index contributed by atoms with van der Waals surface area (Å²) in [4.78, 5) is 27.2. The Bertz CT molecular complexity index is 1450. The maximum absolute atomic E-state index is 13.8. The number of rotatable bonds is 9. The zero-order chi connectivity index (χ0) is 28.4. The molecule has 0 spiro atoms. The quantitative estimate of drug-likeness (QED) is 0.415. The fraction of sp³-hybridized carbons (Fsp3) is 0.500. The van der Waals surface area contributed by atoms with E-state index in [-0.39, 0.29) is 29.7 Å². The molecule has 2 aliphatic rings. The molecule has 2 fully saturated rings. The standard InChI is InChI=1S/C30H39N5O4S/c1-20(2)34(3)22-10-13-28(21(16-22)18-40(37,38)24-8-6-5-7-9-24)35-15-14-27(30(35)36)33-29-25-17-23(39-4)11-12-26(25)31-19-32-29/h5-9,11-12,17,19-22,27-28H,10,13-16,18H2,1-4H3,(H,31,32,33)/t21-,22+,27?,28-/m0/s1. The SMILES string of the molecule is COc1ccc2ncnc(NC3CCN([C@H]4CC[C@@H](N(C)C(C)C)C[C@H]4CS(=O)(=O)c4ccccc4)C3=O)c2c1. The second-order valence-corrected chi connectivity index (χ2v) is 13.3. The lowest BCUT2D eigenvalue weighted by molar-refractivity contribution is -0.132. The number of carbonyl (C=O) groups excluding carboxylic acids is 1. The molecule has 5 rings (SSSR count). The van der Waals surface area contributed by atoms with Gasteiger partial charge in [-0.15, -0.1) is 0 Å². The van der Waals surface area contributed by atoms with Gasteiger partial charge in [0, 0.05) is 30.1 Å². The first-order valence-corrected chi connectivity index (χ1v) is 15.7. The highest BCUT2D eigenvalue weighted by molar-refractivity contribution is 7.91. The Morgan fingerprint density at radius 3 is 2.60 bits per heavy atom. The van der Waals surface area contributed by atoms with Crippen molar-refractivity contribution in [2.24, 2.45) is 5.92 Å². The second-order valence-electron chi connectivity index (χ2n) is 11.3. The average molecular weight is 566 g/mol. The van der Waals surface area contributed by atoms with Crippen LogP contribution in [0.4, 0.5) is 5.82 Å². The molecular weight excluding hydrogens is 526 g/mol. The highest BCUT2D eigenvalue weighted by atomic mass is 32.2. The lowest BCUT2D eigenvalue weighted by atomic mass is 9.81. The number of aromatic nitrogens is 2. The van der Waals surface area contributed by atoms with Crippen LogP contribution in [0.2, 0.25) is 0 Å². The van der Waals surface area contributed by atoms with Crippen LogP contribution < -0.4 is 10.1 Å². The van der Waals surface area contributed by atoms with Crippen LogP contribution in [0.5, 0.6) is 5.75 Å². The van der Waals surface area contributed by atoms with E-state index >= 15 is 0 Å². The molecule has 214 valence electrons. The molecule has 10 heteroatoms. The van der Waals surface area contributed by atoms with E-state index in [1.807, 2.05) is 29.2 Å². The summed E-state index contributed by atoms with van der Waals surface area (Å²) in [5, 5.41) is 4.15. The lowest BCUT2D eigenvalue weighted by Crippen LogP contribution is -2.52. The van der Waals surface area contributed by atoms with E-state index in [2.05, 4.69) is 41.1 Å². The molecule has 1 aromatic heterocycles. The summed E-state index contributed by atoms with van der Waals surface area (Å²) >= 11 is 0. The third-order valence-corrected chi connectivity index (χ3v) is 10.5. The van der Waals surface area contributed by atoms with Gasteiger partial charge in [0.25, 0.3) is 0 Å². The first-order chi connectivity index (χ1) is 19.2. The summed E-state index contributed by atoms with van der Waals surface area (Å²) in [5.41, 5.74) is 0.763. The Morgan fingerprint density at radius 2 is 1.88 bits per heavy atom. The molecule has 9 nitrogen and oxygen atoms in total. The number of nitrogens with zero attached hydrogens (tertiary/aromatic N) is 4. The van der Waals surface area contributed by atoms with Crippen LogP contribution in [0.1, 0.15) is 39.5 Å². The number of benzene rings is 2. The number of anilines is 1. The maximum atomic E-state index is 13.8. The van der Waals surface area contributed by atoms with Crippen molar-refractivity contribution >= 4 is 32.5 Å². The fourth-order valence-electron chi connectivity index (χ4n) is 6.22. The number of hydrogen-bond acceptors (Lipinski definition) is 8. The van der Waals surface area contributed by atoms with Crippen molar-refractivity contribution in [3.63, 3.8) is 0 Å². The van der Waals surface area contributed by atoms with Crippen LogP contribution in [0.3, 0.4) is 0 Å². The highest BCUT2D eigenvalue weighted by Gasteiger charge is 2.44. The lowest BCUT2D eigenvalue weighted by Gasteiger charge is -2.44. The molecule has 1 amide bonds. The van der Waals surface area contributed by atoms with Crippen LogP contribution in [0.25, 0.3) is 10.9 Å². The van der Waals surface area contributed by atoms with Gasteiger partial charge in [-0.25, -0.2) is 18.4 Å². The largest absolute Gasteiger partial charge is 0.497 e. The number of ether oxygens (including phenoxy) is 1. The Kier molecular flexibility index (Phi) is 8.28. The van der Waals surface area contributed by atoms with E-state index in [0.29, 0.717) is 35.5 Å². The molecule has 0 radical (unpaired) electrons. The minimum absolute atomic E-state index is 0.00238. The van der Waals surface area contributed by atoms with Gasteiger partial charge in [-0.1, -0.05) is 18.2 Å². The summed E-state index contributed by atoms with van der Waals surface area (Å²) < 4.78 is 32.3. The van der Waals surface area contributed by atoms with Crippen molar-refractivity contribution in [3.8, 4) is 5.75 Å². The van der Waals surface area contributed by atoms with Crippen LogP contribution in [-0.2, 0) is 14.6 Å². The summed E-state index contributed by atoms with van der Waals surface area (Å²) in [5.74, 6) is 1.15. The number of fused-ring (bicyclic) bond motifs is 1.